The van der Waals surface area contributed by atoms with E-state index in [1.165, 1.54) is 11.3 Å². The minimum atomic E-state index is -3.54. The molecular weight excluding hydrogens is 386 g/mol. The number of carbonyl (C=O) groups is 1. The number of carbonyl (C=O) groups excluding carboxylic acids is 1. The van der Waals surface area contributed by atoms with Gasteiger partial charge in [0.1, 0.15) is 5.75 Å². The van der Waals surface area contributed by atoms with Crippen LogP contribution in [0.2, 0.25) is 0 Å². The molecule has 1 aromatic carbocycles. The van der Waals surface area contributed by atoms with Crippen LogP contribution in [0.25, 0.3) is 10.2 Å². The number of sulfone groups is 1. The molecule has 1 amide bonds. The number of rotatable bonds is 4. The Hall–Kier alpha value is -1.42. The molecule has 0 spiro atoms. The van der Waals surface area contributed by atoms with Gasteiger partial charge in [-0.1, -0.05) is 11.3 Å². The van der Waals surface area contributed by atoms with Crippen LogP contribution in [0.4, 0.5) is 5.13 Å². The Morgan fingerprint density at radius 3 is 2.64 bits per heavy atom. The van der Waals surface area contributed by atoms with E-state index in [2.05, 4.69) is 15.6 Å². The van der Waals surface area contributed by atoms with Crippen molar-refractivity contribution in [3.63, 3.8) is 0 Å². The molecule has 3 rings (SSSR count). The summed E-state index contributed by atoms with van der Waals surface area (Å²) in [6.45, 7) is 0.995. The molecule has 1 aliphatic rings. The normalized spacial score (nSPS) is 16.9. The third-order valence-electron chi connectivity index (χ3n) is 4.35. The molecule has 0 aliphatic carbocycles. The van der Waals surface area contributed by atoms with E-state index in [9.17, 15) is 13.2 Å². The number of nitrogens with zero attached hydrogens (tertiary/aromatic N) is 1. The molecule has 2 N–H and O–H groups in total. The molecule has 0 bridgehead atoms. The van der Waals surface area contributed by atoms with E-state index in [-0.39, 0.29) is 25.2 Å². The number of thiazole rings is 1. The first-order valence-electron chi connectivity index (χ1n) is 7.52. The van der Waals surface area contributed by atoms with Crippen LogP contribution in [0, 0.1) is 0 Å². The quantitative estimate of drug-likeness (QED) is 0.805. The van der Waals surface area contributed by atoms with Crippen molar-refractivity contribution in [2.24, 2.45) is 0 Å². The van der Waals surface area contributed by atoms with Crippen molar-refractivity contribution >= 4 is 54.8 Å². The van der Waals surface area contributed by atoms with Crippen LogP contribution >= 0.6 is 23.7 Å². The van der Waals surface area contributed by atoms with E-state index in [0.717, 1.165) is 16.5 Å². The molecule has 1 aromatic heterocycles. The van der Waals surface area contributed by atoms with Crippen LogP contribution in [0.1, 0.15) is 12.8 Å². The number of hydrogen-bond acceptors (Lipinski definition) is 7. The van der Waals surface area contributed by atoms with Crippen molar-refractivity contribution in [3.05, 3.63) is 18.2 Å². The second kappa shape index (κ2) is 7.45. The van der Waals surface area contributed by atoms with Gasteiger partial charge in [0.15, 0.2) is 19.7 Å². The topological polar surface area (TPSA) is 97.4 Å². The molecule has 0 unspecified atom stereocenters. The van der Waals surface area contributed by atoms with Crippen LogP contribution in [0.5, 0.6) is 5.75 Å². The van der Waals surface area contributed by atoms with Gasteiger partial charge in [0.2, 0.25) is 5.91 Å². The first-order chi connectivity index (χ1) is 11.4. The van der Waals surface area contributed by atoms with Gasteiger partial charge in [-0.15, -0.1) is 12.4 Å². The Labute approximate surface area is 156 Å². The molecule has 7 nitrogen and oxygen atoms in total. The van der Waals surface area contributed by atoms with Crippen molar-refractivity contribution in [2.75, 3.05) is 31.8 Å². The maximum atomic E-state index is 12.8. The molecule has 138 valence electrons. The second-order valence-electron chi connectivity index (χ2n) is 5.82. The van der Waals surface area contributed by atoms with Crippen molar-refractivity contribution in [3.8, 4) is 5.75 Å². The van der Waals surface area contributed by atoms with Crippen molar-refractivity contribution in [1.82, 2.24) is 10.3 Å². The van der Waals surface area contributed by atoms with Gasteiger partial charge >= 0.3 is 0 Å². The van der Waals surface area contributed by atoms with Gasteiger partial charge in [0.05, 0.1) is 17.3 Å². The summed E-state index contributed by atoms with van der Waals surface area (Å²) in [6.07, 6.45) is 1.65. The predicted octanol–water partition coefficient (Wildman–Crippen LogP) is 1.83. The Kier molecular flexibility index (Phi) is 5.93. The number of aromatic nitrogens is 1. The zero-order valence-electron chi connectivity index (χ0n) is 13.9. The number of ether oxygens (including phenoxy) is 1. The maximum Gasteiger partial charge on any atom is 0.247 e. The summed E-state index contributed by atoms with van der Waals surface area (Å²) in [6, 6.07) is 5.43. The SMILES string of the molecule is COc1ccc2nc(NC(=O)C3(S(C)(=O)=O)CCNCC3)sc2c1.Cl. The molecular formula is C15H20ClN3O4S2. The summed E-state index contributed by atoms with van der Waals surface area (Å²) in [5.74, 6) is 0.201. The number of amides is 1. The van der Waals surface area contributed by atoms with E-state index in [0.29, 0.717) is 24.0 Å². The summed E-state index contributed by atoms with van der Waals surface area (Å²) in [5.41, 5.74) is 0.731. The maximum absolute atomic E-state index is 12.8. The lowest BCUT2D eigenvalue weighted by molar-refractivity contribution is -0.119. The average molecular weight is 406 g/mol. The van der Waals surface area contributed by atoms with E-state index >= 15 is 0 Å². The highest BCUT2D eigenvalue weighted by atomic mass is 35.5. The lowest BCUT2D eigenvalue weighted by Gasteiger charge is -2.33. The van der Waals surface area contributed by atoms with Crippen LogP contribution in [0.3, 0.4) is 0 Å². The first kappa shape index (κ1) is 19.9. The molecule has 0 radical (unpaired) electrons. The monoisotopic (exact) mass is 405 g/mol. The van der Waals surface area contributed by atoms with Crippen LogP contribution in [0.15, 0.2) is 18.2 Å². The first-order valence-corrected chi connectivity index (χ1v) is 10.2. The van der Waals surface area contributed by atoms with E-state index < -0.39 is 20.5 Å². The number of piperidine rings is 1. The summed E-state index contributed by atoms with van der Waals surface area (Å²) in [4.78, 5) is 17.1. The minimum Gasteiger partial charge on any atom is -0.497 e. The van der Waals surface area contributed by atoms with Gasteiger partial charge in [-0.25, -0.2) is 13.4 Å². The van der Waals surface area contributed by atoms with Gasteiger partial charge in [-0.05, 0) is 44.1 Å². The smallest absolute Gasteiger partial charge is 0.247 e. The fourth-order valence-corrected chi connectivity index (χ4v) is 5.12. The number of methoxy groups -OCH3 is 1. The number of benzene rings is 1. The standard InChI is InChI=1S/C15H19N3O4S2.ClH/c1-22-10-3-4-11-12(9-10)23-14(17-11)18-13(19)15(24(2,20)21)5-7-16-8-6-15;/h3-4,9,16H,5-8H2,1-2H3,(H,17,18,19);1H. The lowest BCUT2D eigenvalue weighted by atomic mass is 9.96. The Morgan fingerprint density at radius 1 is 1.36 bits per heavy atom. The zero-order chi connectivity index (χ0) is 17.4. The highest BCUT2D eigenvalue weighted by Crippen LogP contribution is 2.33. The predicted molar refractivity (Wildman–Crippen MR) is 102 cm³/mol. The number of fused-ring (bicyclic) bond motifs is 1. The number of halogens is 1. The van der Waals surface area contributed by atoms with E-state index in [1.807, 2.05) is 6.07 Å². The summed E-state index contributed by atoms with van der Waals surface area (Å²) in [7, 11) is -1.96. The highest BCUT2D eigenvalue weighted by Gasteiger charge is 2.48. The Morgan fingerprint density at radius 2 is 2.04 bits per heavy atom. The van der Waals surface area contributed by atoms with Gasteiger partial charge < -0.3 is 15.4 Å². The molecule has 10 heteroatoms. The van der Waals surface area contributed by atoms with Crippen molar-refractivity contribution < 1.29 is 17.9 Å². The van der Waals surface area contributed by atoms with Crippen molar-refractivity contribution in [2.45, 2.75) is 17.6 Å². The molecule has 2 heterocycles. The van der Waals surface area contributed by atoms with E-state index in [1.54, 1.807) is 19.2 Å². The summed E-state index contributed by atoms with van der Waals surface area (Å²) in [5, 5.41) is 6.19. The van der Waals surface area contributed by atoms with E-state index in [4.69, 9.17) is 4.74 Å². The number of hydrogen-bond donors (Lipinski definition) is 2. The Balaban J connectivity index is 0.00000225. The molecule has 1 saturated heterocycles. The highest BCUT2D eigenvalue weighted by molar-refractivity contribution is 7.92. The van der Waals surface area contributed by atoms with Crippen LogP contribution < -0.4 is 15.4 Å². The molecule has 1 fully saturated rings. The second-order valence-corrected chi connectivity index (χ2v) is 9.18. The molecule has 25 heavy (non-hydrogen) atoms. The summed E-state index contributed by atoms with van der Waals surface area (Å²) < 4.78 is 29.2. The van der Waals surface area contributed by atoms with Gasteiger partial charge in [-0.3, -0.25) is 4.79 Å². The third-order valence-corrected chi connectivity index (χ3v) is 7.30. The fraction of sp³-hybridized carbons (Fsp3) is 0.467. The molecule has 2 aromatic rings. The summed E-state index contributed by atoms with van der Waals surface area (Å²) >= 11 is 1.29. The van der Waals surface area contributed by atoms with Gasteiger partial charge in [0, 0.05) is 6.26 Å². The van der Waals surface area contributed by atoms with Crippen molar-refractivity contribution in [1.29, 1.82) is 0 Å². The molecule has 0 saturated carbocycles. The van der Waals surface area contributed by atoms with Crippen LogP contribution in [-0.2, 0) is 14.6 Å². The van der Waals surface area contributed by atoms with Crippen LogP contribution in [-0.4, -0.2) is 50.5 Å². The Bertz CT molecular complexity index is 876. The zero-order valence-corrected chi connectivity index (χ0v) is 16.3. The lowest BCUT2D eigenvalue weighted by Crippen LogP contribution is -2.55. The van der Waals surface area contributed by atoms with Gasteiger partial charge in [0.25, 0.3) is 0 Å². The minimum absolute atomic E-state index is 0. The fourth-order valence-electron chi connectivity index (χ4n) is 2.89. The molecule has 0 atom stereocenters. The number of nitrogens with one attached hydrogen (secondary N) is 2. The third kappa shape index (κ3) is 3.74. The average Bonchev–Trinajstić information content (AvgIpc) is 2.95. The largest absolute Gasteiger partial charge is 0.497 e. The molecule has 1 aliphatic heterocycles. The number of anilines is 1. The van der Waals surface area contributed by atoms with Gasteiger partial charge in [-0.2, -0.15) is 0 Å².